The van der Waals surface area contributed by atoms with Crippen molar-refractivity contribution in [1.29, 1.82) is 0 Å². The number of piperidine rings is 1. The lowest BCUT2D eigenvalue weighted by molar-refractivity contribution is 0.154. The van der Waals surface area contributed by atoms with Crippen LogP contribution in [0.5, 0.6) is 0 Å². The standard InChI is InChI=1S/C26H25NOS/c28-25-18-20-19-27(17-16-24(20)29-25)26(21-10-4-1-5-11-21,22-12-6-2-7-13-22)23-14-8-3-9-15-23/h1-15,18,24-25,28H,16-17,19H2. The zero-order valence-electron chi connectivity index (χ0n) is 16.3. The van der Waals surface area contributed by atoms with Gasteiger partial charge in [0, 0.05) is 18.3 Å². The normalized spacial score (nSPS) is 22.2. The highest BCUT2D eigenvalue weighted by molar-refractivity contribution is 8.01. The highest BCUT2D eigenvalue weighted by Gasteiger charge is 2.45. The Morgan fingerprint density at radius 3 is 1.72 bits per heavy atom. The monoisotopic (exact) mass is 399 g/mol. The van der Waals surface area contributed by atoms with Gasteiger partial charge in [0.15, 0.2) is 0 Å². The number of hydrogen-bond acceptors (Lipinski definition) is 3. The van der Waals surface area contributed by atoms with Gasteiger partial charge in [-0.1, -0.05) is 91.0 Å². The van der Waals surface area contributed by atoms with E-state index in [4.69, 9.17) is 0 Å². The van der Waals surface area contributed by atoms with Gasteiger partial charge in [0.1, 0.15) is 5.44 Å². The maximum absolute atomic E-state index is 10.2. The molecule has 2 unspecified atom stereocenters. The van der Waals surface area contributed by atoms with Crippen LogP contribution in [0.1, 0.15) is 23.1 Å². The van der Waals surface area contributed by atoms with Gasteiger partial charge in [-0.25, -0.2) is 0 Å². The van der Waals surface area contributed by atoms with E-state index in [1.807, 2.05) is 0 Å². The summed E-state index contributed by atoms with van der Waals surface area (Å²) in [5.41, 5.74) is 4.47. The summed E-state index contributed by atoms with van der Waals surface area (Å²) in [6.45, 7) is 1.85. The Bertz CT molecular complexity index is 890. The first-order valence-electron chi connectivity index (χ1n) is 10.2. The van der Waals surface area contributed by atoms with E-state index in [2.05, 4.69) is 102 Å². The van der Waals surface area contributed by atoms with Gasteiger partial charge in [-0.15, -0.1) is 11.8 Å². The van der Waals surface area contributed by atoms with E-state index in [0.29, 0.717) is 5.25 Å². The Morgan fingerprint density at radius 1 is 0.759 bits per heavy atom. The van der Waals surface area contributed by atoms with Crippen molar-refractivity contribution in [2.24, 2.45) is 0 Å². The first-order valence-corrected chi connectivity index (χ1v) is 11.2. The number of hydrogen-bond donors (Lipinski definition) is 1. The molecule has 2 aliphatic rings. The first-order chi connectivity index (χ1) is 14.3. The molecule has 0 aromatic heterocycles. The van der Waals surface area contributed by atoms with Crippen LogP contribution in [-0.4, -0.2) is 33.8 Å². The molecule has 3 heteroatoms. The average molecular weight is 400 g/mol. The molecule has 0 bridgehead atoms. The van der Waals surface area contributed by atoms with E-state index in [-0.39, 0.29) is 11.0 Å². The Balaban J connectivity index is 1.73. The van der Waals surface area contributed by atoms with Crippen LogP contribution < -0.4 is 0 Å². The van der Waals surface area contributed by atoms with Gasteiger partial charge >= 0.3 is 0 Å². The highest BCUT2D eigenvalue weighted by atomic mass is 32.2. The van der Waals surface area contributed by atoms with Crippen LogP contribution in [0.2, 0.25) is 0 Å². The zero-order chi connectivity index (χ0) is 19.7. The molecule has 0 radical (unpaired) electrons. The number of thioether (sulfide) groups is 1. The van der Waals surface area contributed by atoms with Gasteiger partial charge in [0.25, 0.3) is 0 Å². The van der Waals surface area contributed by atoms with Gasteiger partial charge in [0.05, 0.1) is 5.54 Å². The predicted molar refractivity (Wildman–Crippen MR) is 121 cm³/mol. The second-order valence-electron chi connectivity index (χ2n) is 7.78. The Kier molecular flexibility index (Phi) is 5.04. The van der Waals surface area contributed by atoms with Crippen LogP contribution in [-0.2, 0) is 5.54 Å². The van der Waals surface area contributed by atoms with Crippen molar-refractivity contribution < 1.29 is 5.11 Å². The summed E-state index contributed by atoms with van der Waals surface area (Å²) < 4.78 is 0. The SMILES string of the molecule is OC1C=C2CN(C(c3ccccc3)(c3ccccc3)c3ccccc3)CCC2S1. The highest BCUT2D eigenvalue weighted by Crippen LogP contribution is 2.46. The molecule has 0 spiro atoms. The molecular weight excluding hydrogens is 374 g/mol. The van der Waals surface area contributed by atoms with Crippen LogP contribution in [0, 0.1) is 0 Å². The van der Waals surface area contributed by atoms with Crippen LogP contribution in [0.15, 0.2) is 103 Å². The molecule has 1 fully saturated rings. The Hall–Kier alpha value is -2.33. The average Bonchev–Trinajstić information content (AvgIpc) is 3.16. The van der Waals surface area contributed by atoms with Crippen molar-refractivity contribution in [1.82, 2.24) is 4.90 Å². The fraction of sp³-hybridized carbons (Fsp3) is 0.231. The Morgan fingerprint density at radius 2 is 1.24 bits per heavy atom. The van der Waals surface area contributed by atoms with E-state index >= 15 is 0 Å². The van der Waals surface area contributed by atoms with Crippen LogP contribution >= 0.6 is 11.8 Å². The molecule has 2 atom stereocenters. The molecule has 2 heterocycles. The van der Waals surface area contributed by atoms with Gasteiger partial charge in [-0.2, -0.15) is 0 Å². The number of rotatable bonds is 4. The van der Waals surface area contributed by atoms with E-state index in [9.17, 15) is 5.11 Å². The maximum atomic E-state index is 10.2. The number of aliphatic hydroxyl groups excluding tert-OH is 1. The summed E-state index contributed by atoms with van der Waals surface area (Å²) >= 11 is 1.69. The number of nitrogens with zero attached hydrogens (tertiary/aromatic N) is 1. The predicted octanol–water partition coefficient (Wildman–Crippen LogP) is 5.04. The minimum Gasteiger partial charge on any atom is -0.379 e. The van der Waals surface area contributed by atoms with Crippen molar-refractivity contribution in [3.63, 3.8) is 0 Å². The third-order valence-corrected chi connectivity index (χ3v) is 7.44. The van der Waals surface area contributed by atoms with Crippen molar-refractivity contribution in [3.05, 3.63) is 119 Å². The zero-order valence-corrected chi connectivity index (χ0v) is 17.1. The van der Waals surface area contributed by atoms with Crippen LogP contribution in [0.25, 0.3) is 0 Å². The fourth-order valence-electron chi connectivity index (χ4n) is 4.94. The van der Waals surface area contributed by atoms with Crippen molar-refractivity contribution in [2.75, 3.05) is 13.1 Å². The third kappa shape index (κ3) is 3.24. The number of likely N-dealkylation sites (tertiary alicyclic amines) is 1. The lowest BCUT2D eigenvalue weighted by Crippen LogP contribution is -2.52. The number of fused-ring (bicyclic) bond motifs is 1. The van der Waals surface area contributed by atoms with Crippen LogP contribution in [0.4, 0.5) is 0 Å². The van der Waals surface area contributed by atoms with Crippen molar-refractivity contribution in [2.45, 2.75) is 22.6 Å². The largest absolute Gasteiger partial charge is 0.379 e. The number of aliphatic hydroxyl groups is 1. The topological polar surface area (TPSA) is 23.5 Å². The molecule has 0 amide bonds. The van der Waals surface area contributed by atoms with Crippen molar-refractivity contribution >= 4 is 11.8 Å². The second kappa shape index (κ2) is 7.83. The molecule has 2 aliphatic heterocycles. The maximum Gasteiger partial charge on any atom is 0.119 e. The number of benzene rings is 3. The Labute approximate surface area is 176 Å². The molecule has 0 aliphatic carbocycles. The fourth-order valence-corrected chi connectivity index (χ4v) is 6.10. The van der Waals surface area contributed by atoms with Gasteiger partial charge < -0.3 is 5.11 Å². The summed E-state index contributed by atoms with van der Waals surface area (Å²) in [5, 5.41) is 10.6. The molecule has 3 aromatic carbocycles. The summed E-state index contributed by atoms with van der Waals surface area (Å²) in [4.78, 5) is 2.61. The van der Waals surface area contributed by atoms with Gasteiger partial charge in [-0.05, 0) is 34.8 Å². The van der Waals surface area contributed by atoms with Gasteiger partial charge in [-0.3, -0.25) is 4.90 Å². The van der Waals surface area contributed by atoms with E-state index in [1.54, 1.807) is 11.8 Å². The minimum atomic E-state index is -0.367. The molecule has 5 rings (SSSR count). The lowest BCUT2D eigenvalue weighted by atomic mass is 9.74. The molecule has 29 heavy (non-hydrogen) atoms. The summed E-state index contributed by atoms with van der Waals surface area (Å²) in [5.74, 6) is 0. The molecule has 1 N–H and O–H groups in total. The molecular formula is C26H25NOS. The molecule has 146 valence electrons. The summed E-state index contributed by atoms with van der Waals surface area (Å²) in [7, 11) is 0. The first kappa shape index (κ1) is 18.7. The summed E-state index contributed by atoms with van der Waals surface area (Å²) in [6, 6.07) is 32.6. The third-order valence-electron chi connectivity index (χ3n) is 6.16. The second-order valence-corrected chi connectivity index (χ2v) is 9.10. The smallest absolute Gasteiger partial charge is 0.119 e. The minimum absolute atomic E-state index is 0.366. The lowest BCUT2D eigenvalue weighted by Gasteiger charge is -2.48. The van der Waals surface area contributed by atoms with Crippen LogP contribution in [0.3, 0.4) is 0 Å². The van der Waals surface area contributed by atoms with E-state index in [0.717, 1.165) is 19.5 Å². The summed E-state index contributed by atoms with van der Waals surface area (Å²) in [6.07, 6.45) is 3.12. The molecule has 1 saturated heterocycles. The molecule has 0 saturated carbocycles. The van der Waals surface area contributed by atoms with E-state index < -0.39 is 0 Å². The van der Waals surface area contributed by atoms with Gasteiger partial charge in [0.2, 0.25) is 0 Å². The molecule has 3 aromatic rings. The van der Waals surface area contributed by atoms with Crippen molar-refractivity contribution in [3.8, 4) is 0 Å². The van der Waals surface area contributed by atoms with E-state index in [1.165, 1.54) is 22.3 Å². The molecule has 2 nitrogen and oxygen atoms in total. The quantitative estimate of drug-likeness (QED) is 0.491.